The summed E-state index contributed by atoms with van der Waals surface area (Å²) in [6.07, 6.45) is -4.19. The Balaban J connectivity index is 0.000000243. The number of halogens is 14. The van der Waals surface area contributed by atoms with Gasteiger partial charge in [-0.25, -0.2) is 17.6 Å². The molecular formula is C47H48F14O3. The SMILES string of the molecule is CCC1CCC(c2ccc(C(F)(F)Oc3cc(F)c(C(F)(F)F)c(F)c3)cc2)CC1.CCCCCC1CCC(c2ccc(C(F)(F)Oc3cc(F)c(OC(F)(F)F)c(F)c3)cc2)CC1. The molecule has 0 saturated heterocycles. The van der Waals surface area contributed by atoms with E-state index < -0.39 is 82.0 Å². The minimum absolute atomic E-state index is 0.0976. The van der Waals surface area contributed by atoms with Gasteiger partial charge in [0.25, 0.3) is 0 Å². The van der Waals surface area contributed by atoms with Crippen molar-refractivity contribution in [2.75, 3.05) is 0 Å². The lowest BCUT2D eigenvalue weighted by molar-refractivity contribution is -0.276. The van der Waals surface area contributed by atoms with E-state index >= 15 is 0 Å². The Morgan fingerprint density at radius 1 is 0.484 bits per heavy atom. The Morgan fingerprint density at radius 2 is 0.875 bits per heavy atom. The van der Waals surface area contributed by atoms with Gasteiger partial charge in [-0.3, -0.25) is 0 Å². The molecule has 0 bridgehead atoms. The molecule has 352 valence electrons. The molecule has 3 nitrogen and oxygen atoms in total. The molecule has 17 heteroatoms. The average Bonchev–Trinajstić information content (AvgIpc) is 3.21. The molecule has 4 aromatic carbocycles. The van der Waals surface area contributed by atoms with Crippen LogP contribution in [0.5, 0.6) is 17.2 Å². The zero-order chi connectivity index (χ0) is 47.0. The summed E-state index contributed by atoms with van der Waals surface area (Å²) in [6, 6.07) is 11.7. The Hall–Kier alpha value is -4.70. The fourth-order valence-electron chi connectivity index (χ4n) is 8.37. The molecule has 0 atom stereocenters. The zero-order valence-corrected chi connectivity index (χ0v) is 34.9. The number of ether oxygens (including phenoxy) is 3. The summed E-state index contributed by atoms with van der Waals surface area (Å²) in [5.41, 5.74) is -1.39. The first-order valence-electron chi connectivity index (χ1n) is 21.1. The van der Waals surface area contributed by atoms with Crippen molar-refractivity contribution < 1.29 is 75.7 Å². The third-order valence-corrected chi connectivity index (χ3v) is 11.9. The molecule has 2 saturated carbocycles. The van der Waals surface area contributed by atoms with Crippen molar-refractivity contribution >= 4 is 0 Å². The van der Waals surface area contributed by atoms with Crippen molar-refractivity contribution in [3.05, 3.63) is 124 Å². The van der Waals surface area contributed by atoms with Crippen molar-refractivity contribution in [3.8, 4) is 17.2 Å². The number of alkyl halides is 10. The predicted molar refractivity (Wildman–Crippen MR) is 210 cm³/mol. The average molecular weight is 927 g/mol. The molecule has 0 N–H and O–H groups in total. The molecule has 0 amide bonds. The Labute approximate surface area is 362 Å². The van der Waals surface area contributed by atoms with E-state index in [0.29, 0.717) is 11.8 Å². The second-order valence-electron chi connectivity index (χ2n) is 16.3. The van der Waals surface area contributed by atoms with Gasteiger partial charge in [0.2, 0.25) is 5.75 Å². The van der Waals surface area contributed by atoms with Crippen molar-refractivity contribution in [2.45, 2.75) is 134 Å². The first kappa shape index (κ1) is 50.3. The third-order valence-electron chi connectivity index (χ3n) is 11.9. The number of hydrogen-bond donors (Lipinski definition) is 0. The molecule has 6 rings (SSSR count). The summed E-state index contributed by atoms with van der Waals surface area (Å²) in [6.45, 7) is 4.32. The second kappa shape index (κ2) is 21.1. The van der Waals surface area contributed by atoms with Crippen LogP contribution in [0.15, 0.2) is 72.8 Å². The van der Waals surface area contributed by atoms with Crippen LogP contribution in [-0.2, 0) is 18.4 Å². The van der Waals surface area contributed by atoms with E-state index in [0.717, 1.165) is 81.0 Å². The summed E-state index contributed by atoms with van der Waals surface area (Å²) in [4.78, 5) is 0. The highest BCUT2D eigenvalue weighted by Gasteiger charge is 2.41. The first-order chi connectivity index (χ1) is 30.0. The third kappa shape index (κ3) is 13.7. The second-order valence-corrected chi connectivity index (χ2v) is 16.3. The van der Waals surface area contributed by atoms with E-state index in [9.17, 15) is 61.5 Å². The lowest BCUT2D eigenvalue weighted by Crippen LogP contribution is -2.23. The van der Waals surface area contributed by atoms with Crippen LogP contribution in [0.2, 0.25) is 0 Å². The Kier molecular flexibility index (Phi) is 16.6. The smallest absolute Gasteiger partial charge is 0.429 e. The fourth-order valence-corrected chi connectivity index (χ4v) is 8.37. The van der Waals surface area contributed by atoms with Crippen LogP contribution in [-0.4, -0.2) is 6.36 Å². The molecular weight excluding hydrogens is 878 g/mol. The van der Waals surface area contributed by atoms with E-state index in [1.54, 1.807) is 24.3 Å². The van der Waals surface area contributed by atoms with Gasteiger partial charge in [0.1, 0.15) is 28.7 Å². The van der Waals surface area contributed by atoms with Gasteiger partial charge >= 0.3 is 24.8 Å². The van der Waals surface area contributed by atoms with Crippen molar-refractivity contribution in [3.63, 3.8) is 0 Å². The Morgan fingerprint density at radius 3 is 1.23 bits per heavy atom. The normalized spacial score (nSPS) is 19.7. The van der Waals surface area contributed by atoms with Crippen LogP contribution < -0.4 is 14.2 Å². The van der Waals surface area contributed by atoms with E-state index in [2.05, 4.69) is 28.1 Å². The van der Waals surface area contributed by atoms with E-state index in [1.165, 1.54) is 37.8 Å². The molecule has 64 heavy (non-hydrogen) atoms. The lowest BCUT2D eigenvalue weighted by atomic mass is 9.77. The molecule has 0 heterocycles. The van der Waals surface area contributed by atoms with Gasteiger partial charge in [0, 0.05) is 24.3 Å². The van der Waals surface area contributed by atoms with Crippen molar-refractivity contribution in [1.29, 1.82) is 0 Å². The van der Waals surface area contributed by atoms with Crippen molar-refractivity contribution in [1.82, 2.24) is 0 Å². The molecule has 4 aromatic rings. The highest BCUT2D eigenvalue weighted by Crippen LogP contribution is 2.42. The summed E-state index contributed by atoms with van der Waals surface area (Å²) >= 11 is 0. The Bertz CT molecular complexity index is 2060. The van der Waals surface area contributed by atoms with E-state index in [4.69, 9.17) is 0 Å². The fraction of sp³-hybridized carbons (Fsp3) is 0.489. The molecule has 2 fully saturated rings. The van der Waals surface area contributed by atoms with Crippen LogP contribution in [0, 0.1) is 35.1 Å². The monoisotopic (exact) mass is 926 g/mol. The van der Waals surface area contributed by atoms with Crippen LogP contribution in [0.4, 0.5) is 61.5 Å². The highest BCUT2D eigenvalue weighted by molar-refractivity contribution is 5.37. The first-order valence-corrected chi connectivity index (χ1v) is 21.1. The van der Waals surface area contributed by atoms with Gasteiger partial charge in [0.15, 0.2) is 11.6 Å². The maximum Gasteiger partial charge on any atom is 0.573 e. The van der Waals surface area contributed by atoms with E-state index in [1.807, 2.05) is 0 Å². The lowest BCUT2D eigenvalue weighted by Gasteiger charge is -2.29. The summed E-state index contributed by atoms with van der Waals surface area (Å²) in [7, 11) is 0. The molecule has 0 aliphatic heterocycles. The summed E-state index contributed by atoms with van der Waals surface area (Å²) < 4.78 is 199. The van der Waals surface area contributed by atoms with Crippen LogP contribution in [0.25, 0.3) is 0 Å². The van der Waals surface area contributed by atoms with E-state index in [-0.39, 0.29) is 36.1 Å². The maximum absolute atomic E-state index is 14.6. The quantitative estimate of drug-likeness (QED) is 0.0932. The largest absolute Gasteiger partial charge is 0.573 e. The van der Waals surface area contributed by atoms with Crippen molar-refractivity contribution in [2.24, 2.45) is 11.8 Å². The predicted octanol–water partition coefficient (Wildman–Crippen LogP) is 16.6. The molecule has 0 unspecified atom stereocenters. The van der Waals surface area contributed by atoms with Gasteiger partial charge in [-0.1, -0.05) is 70.2 Å². The molecule has 2 aliphatic carbocycles. The number of rotatable bonds is 14. The number of benzene rings is 4. The van der Waals surface area contributed by atoms with Gasteiger partial charge in [0.05, 0.1) is 11.1 Å². The van der Waals surface area contributed by atoms with Crippen LogP contribution >= 0.6 is 0 Å². The summed E-state index contributed by atoms with van der Waals surface area (Å²) in [5, 5.41) is 0. The topological polar surface area (TPSA) is 27.7 Å². The summed E-state index contributed by atoms with van der Waals surface area (Å²) in [5.74, 6) is -9.44. The maximum atomic E-state index is 14.6. The molecule has 2 aliphatic rings. The van der Waals surface area contributed by atoms with Crippen LogP contribution in [0.3, 0.4) is 0 Å². The van der Waals surface area contributed by atoms with Gasteiger partial charge in [-0.2, -0.15) is 30.7 Å². The van der Waals surface area contributed by atoms with Gasteiger partial charge < -0.3 is 14.2 Å². The minimum atomic E-state index is -5.34. The zero-order valence-electron chi connectivity index (χ0n) is 34.9. The number of unbranched alkanes of at least 4 members (excludes halogenated alkanes) is 2. The molecule has 0 spiro atoms. The van der Waals surface area contributed by atoms with Crippen LogP contribution in [0.1, 0.15) is 137 Å². The molecule has 0 radical (unpaired) electrons. The molecule has 0 aromatic heterocycles. The highest BCUT2D eigenvalue weighted by atomic mass is 19.4. The standard InChI is InChI=1S/C25H27F7O2.C22H21F7O/c1-2-3-4-5-16-6-8-17(9-7-16)18-10-12-19(13-11-18)24(28,29)33-20-14-21(26)23(22(27)15-20)34-25(30,31)32;1-2-13-3-5-14(6-4-13)15-7-9-16(10-8-15)22(28,29)30-17-11-18(23)20(19(24)12-17)21(25,26)27/h10-17H,2-9H2,1H3;7-14H,2-6H2,1H3. The minimum Gasteiger partial charge on any atom is -0.429 e. The van der Waals surface area contributed by atoms with Gasteiger partial charge in [-0.15, -0.1) is 13.2 Å². The van der Waals surface area contributed by atoms with Gasteiger partial charge in [-0.05, 0) is 110 Å². The number of hydrogen-bond acceptors (Lipinski definition) is 3.